The van der Waals surface area contributed by atoms with Crippen LogP contribution in [0.3, 0.4) is 0 Å². The lowest BCUT2D eigenvalue weighted by Gasteiger charge is -2.30. The zero-order valence-electron chi connectivity index (χ0n) is 26.6. The molecular weight excluding hydrogens is 548 g/mol. The standard InChI is InChI=1S/C33H50N4O6/c1-6-7-15-35(16-8-9-17-37(3,4)5)30(39)21-36-20-27(24-18-25(22-38)32-29(19-24)42-23-43-32)31(33(40)41)28(36)13-12-26-11-10-14-34(26)2/h10-11,14,18-19,27-28,31,38H,6-9,12-13,15-17,20-23H2,1-5H3/p+1/t27-,28+,31-/m1/s1. The predicted molar refractivity (Wildman–Crippen MR) is 165 cm³/mol. The minimum absolute atomic E-state index is 0.0640. The Morgan fingerprint density at radius 3 is 2.53 bits per heavy atom. The molecule has 4 rings (SSSR count). The molecule has 0 spiro atoms. The van der Waals surface area contributed by atoms with Gasteiger partial charge in [0, 0.05) is 56.1 Å². The van der Waals surface area contributed by atoms with Crippen molar-refractivity contribution in [1.29, 1.82) is 0 Å². The highest BCUT2D eigenvalue weighted by molar-refractivity contribution is 5.79. The van der Waals surface area contributed by atoms with E-state index in [1.54, 1.807) is 0 Å². The Labute approximate surface area is 256 Å². The molecule has 1 amide bonds. The van der Waals surface area contributed by atoms with E-state index in [0.717, 1.165) is 54.5 Å². The number of aliphatic hydroxyl groups is 1. The maximum Gasteiger partial charge on any atom is 0.308 e. The minimum Gasteiger partial charge on any atom is -0.481 e. The van der Waals surface area contributed by atoms with E-state index in [1.165, 1.54) is 0 Å². The monoisotopic (exact) mass is 599 g/mol. The van der Waals surface area contributed by atoms with Crippen LogP contribution in [0.15, 0.2) is 30.5 Å². The van der Waals surface area contributed by atoms with E-state index in [9.17, 15) is 19.8 Å². The lowest BCUT2D eigenvalue weighted by Crippen LogP contribution is -2.45. The van der Waals surface area contributed by atoms with Crippen LogP contribution >= 0.6 is 0 Å². The summed E-state index contributed by atoms with van der Waals surface area (Å²) in [5.74, 6) is -0.844. The quantitative estimate of drug-likeness (QED) is 0.225. The van der Waals surface area contributed by atoms with Crippen molar-refractivity contribution in [2.75, 3.05) is 60.7 Å². The van der Waals surface area contributed by atoms with Gasteiger partial charge >= 0.3 is 5.97 Å². The van der Waals surface area contributed by atoms with E-state index in [0.29, 0.717) is 43.0 Å². The van der Waals surface area contributed by atoms with Gasteiger partial charge in [-0.25, -0.2) is 0 Å². The lowest BCUT2D eigenvalue weighted by atomic mass is 9.83. The van der Waals surface area contributed by atoms with Gasteiger partial charge < -0.3 is 33.6 Å². The molecule has 3 heterocycles. The van der Waals surface area contributed by atoms with Crippen LogP contribution < -0.4 is 9.47 Å². The third kappa shape index (κ3) is 8.31. The smallest absolute Gasteiger partial charge is 0.308 e. The number of carbonyl (C=O) groups is 2. The molecule has 1 aromatic heterocycles. The van der Waals surface area contributed by atoms with Gasteiger partial charge in [-0.2, -0.15) is 0 Å². The molecule has 0 unspecified atom stereocenters. The third-order valence-corrected chi connectivity index (χ3v) is 8.93. The van der Waals surface area contributed by atoms with Crippen molar-refractivity contribution in [3.05, 3.63) is 47.3 Å². The van der Waals surface area contributed by atoms with Crippen molar-refractivity contribution in [3.63, 3.8) is 0 Å². The molecule has 10 heteroatoms. The van der Waals surface area contributed by atoms with Gasteiger partial charge in [-0.3, -0.25) is 14.5 Å². The highest BCUT2D eigenvalue weighted by Crippen LogP contribution is 2.44. The average Bonchev–Trinajstić information content (AvgIpc) is 3.68. The Kier molecular flexibility index (Phi) is 11.1. The molecule has 3 atom stereocenters. The molecule has 2 aliphatic heterocycles. The lowest BCUT2D eigenvalue weighted by molar-refractivity contribution is -0.870. The molecule has 0 bridgehead atoms. The molecule has 1 aromatic carbocycles. The van der Waals surface area contributed by atoms with Crippen LogP contribution in [0.2, 0.25) is 0 Å². The number of aromatic nitrogens is 1. The summed E-state index contributed by atoms with van der Waals surface area (Å²) >= 11 is 0. The molecule has 2 N–H and O–H groups in total. The molecule has 1 saturated heterocycles. The number of aliphatic hydroxyl groups excluding tert-OH is 1. The van der Waals surface area contributed by atoms with E-state index < -0.39 is 11.9 Å². The number of likely N-dealkylation sites (tertiary alicyclic amines) is 1. The van der Waals surface area contributed by atoms with Gasteiger partial charge in [0.25, 0.3) is 0 Å². The third-order valence-electron chi connectivity index (χ3n) is 8.93. The number of hydrogen-bond acceptors (Lipinski definition) is 6. The summed E-state index contributed by atoms with van der Waals surface area (Å²) in [7, 11) is 8.54. The summed E-state index contributed by atoms with van der Waals surface area (Å²) in [5.41, 5.74) is 2.51. The van der Waals surface area contributed by atoms with E-state index in [2.05, 4.69) is 43.6 Å². The zero-order chi connectivity index (χ0) is 31.1. The number of nitrogens with zero attached hydrogens (tertiary/aromatic N) is 4. The highest BCUT2D eigenvalue weighted by Gasteiger charge is 2.47. The maximum atomic E-state index is 13.9. The van der Waals surface area contributed by atoms with E-state index in [-0.39, 0.29) is 37.8 Å². The Hall–Kier alpha value is -3.08. The summed E-state index contributed by atoms with van der Waals surface area (Å²) in [6, 6.07) is 7.43. The van der Waals surface area contributed by atoms with Crippen LogP contribution in [0.5, 0.6) is 11.5 Å². The number of hydrogen-bond donors (Lipinski definition) is 2. The van der Waals surface area contributed by atoms with Crippen molar-refractivity contribution >= 4 is 11.9 Å². The molecule has 10 nitrogen and oxygen atoms in total. The summed E-state index contributed by atoms with van der Waals surface area (Å²) in [5, 5.41) is 20.6. The first-order chi connectivity index (χ1) is 20.5. The van der Waals surface area contributed by atoms with Crippen molar-refractivity contribution in [2.24, 2.45) is 13.0 Å². The molecule has 0 saturated carbocycles. The number of benzene rings is 1. The Balaban J connectivity index is 1.59. The Morgan fingerprint density at radius 2 is 1.88 bits per heavy atom. The van der Waals surface area contributed by atoms with Crippen LogP contribution in [0.1, 0.15) is 61.8 Å². The fraction of sp³-hybridized carbons (Fsp3) is 0.636. The first kappa shape index (κ1) is 32.8. The molecule has 0 aliphatic carbocycles. The number of carboxylic acids is 1. The van der Waals surface area contributed by atoms with Crippen molar-refractivity contribution < 1.29 is 33.8 Å². The fourth-order valence-electron chi connectivity index (χ4n) is 6.55. The molecule has 0 radical (unpaired) electrons. The second kappa shape index (κ2) is 14.6. The number of amides is 1. The molecule has 2 aliphatic rings. The first-order valence-electron chi connectivity index (χ1n) is 15.7. The van der Waals surface area contributed by atoms with Gasteiger partial charge in [0.1, 0.15) is 0 Å². The van der Waals surface area contributed by atoms with E-state index in [1.807, 2.05) is 36.3 Å². The van der Waals surface area contributed by atoms with Gasteiger partial charge in [0.15, 0.2) is 11.5 Å². The topological polar surface area (TPSA) is 104 Å². The minimum atomic E-state index is -0.872. The zero-order valence-corrected chi connectivity index (χ0v) is 26.6. The van der Waals surface area contributed by atoms with Crippen LogP contribution in [0, 0.1) is 5.92 Å². The highest BCUT2D eigenvalue weighted by atomic mass is 16.7. The fourth-order valence-corrected chi connectivity index (χ4v) is 6.55. The second-order valence-electron chi connectivity index (χ2n) is 13.1. The number of fused-ring (bicyclic) bond motifs is 1. The van der Waals surface area contributed by atoms with Gasteiger partial charge in [-0.15, -0.1) is 0 Å². The van der Waals surface area contributed by atoms with Gasteiger partial charge in [-0.1, -0.05) is 13.3 Å². The van der Waals surface area contributed by atoms with Crippen LogP contribution in [-0.2, 0) is 29.7 Å². The van der Waals surface area contributed by atoms with Crippen molar-refractivity contribution in [2.45, 2.75) is 64.0 Å². The maximum absolute atomic E-state index is 13.9. The number of unbranched alkanes of at least 4 members (excludes halogenated alkanes) is 2. The van der Waals surface area contributed by atoms with Crippen LogP contribution in [0.25, 0.3) is 0 Å². The van der Waals surface area contributed by atoms with Crippen molar-refractivity contribution in [3.8, 4) is 11.5 Å². The molecular formula is C33H51N4O6+. The Morgan fingerprint density at radius 1 is 1.12 bits per heavy atom. The number of quaternary nitrogens is 1. The summed E-state index contributed by atoms with van der Waals surface area (Å²) in [4.78, 5) is 30.9. The van der Waals surface area contributed by atoms with E-state index in [4.69, 9.17) is 9.47 Å². The molecule has 2 aromatic rings. The summed E-state index contributed by atoms with van der Waals surface area (Å²) in [6.45, 7) is 5.08. The number of rotatable bonds is 16. The predicted octanol–water partition coefficient (Wildman–Crippen LogP) is 3.46. The largest absolute Gasteiger partial charge is 0.481 e. The summed E-state index contributed by atoms with van der Waals surface area (Å²) in [6.07, 6.45) is 7.27. The normalized spacial score (nSPS) is 20.1. The number of carboxylic acid groups (broad SMARTS) is 1. The van der Waals surface area contributed by atoms with Gasteiger partial charge in [0.2, 0.25) is 12.7 Å². The summed E-state index contributed by atoms with van der Waals surface area (Å²) < 4.78 is 14.2. The Bertz CT molecular complexity index is 1240. The van der Waals surface area contributed by atoms with Gasteiger partial charge in [-0.05, 0) is 61.9 Å². The van der Waals surface area contributed by atoms with E-state index >= 15 is 0 Å². The number of aliphatic carboxylic acids is 1. The average molecular weight is 600 g/mol. The molecule has 238 valence electrons. The van der Waals surface area contributed by atoms with Crippen LogP contribution in [-0.4, -0.2) is 108 Å². The molecule has 43 heavy (non-hydrogen) atoms. The first-order valence-corrected chi connectivity index (χ1v) is 15.7. The van der Waals surface area contributed by atoms with Crippen molar-refractivity contribution in [1.82, 2.24) is 14.4 Å². The molecule has 1 fully saturated rings. The SMILES string of the molecule is CCCCN(CCCC[N+](C)(C)C)C(=O)CN1C[C@H](c2cc(CO)c3c(c2)OCO3)[C@@H](C(=O)O)[C@@H]1CCc1cccn1C. The number of carbonyl (C=O) groups excluding carboxylic acids is 1. The van der Waals surface area contributed by atoms with Crippen LogP contribution in [0.4, 0.5) is 0 Å². The second-order valence-corrected chi connectivity index (χ2v) is 13.1. The number of ether oxygens (including phenoxy) is 2. The number of aryl methyl sites for hydroxylation is 2. The van der Waals surface area contributed by atoms with Gasteiger partial charge in [0.05, 0.1) is 46.8 Å².